The number of halogens is 1. The molecule has 0 spiro atoms. The van der Waals surface area contributed by atoms with E-state index in [-0.39, 0.29) is 5.69 Å². The lowest BCUT2D eigenvalue weighted by molar-refractivity contribution is -0.384. The highest BCUT2D eigenvalue weighted by molar-refractivity contribution is 6.34. The van der Waals surface area contributed by atoms with Crippen molar-refractivity contribution in [1.82, 2.24) is 4.57 Å². The number of aromatic nitrogens is 1. The zero-order valence-corrected chi connectivity index (χ0v) is 22.0. The highest BCUT2D eigenvalue weighted by Crippen LogP contribution is 2.47. The van der Waals surface area contributed by atoms with Crippen LogP contribution in [0.15, 0.2) is 103 Å². The lowest BCUT2D eigenvalue weighted by atomic mass is 9.94. The molecule has 0 fully saturated rings. The van der Waals surface area contributed by atoms with Crippen molar-refractivity contribution in [2.24, 2.45) is 0 Å². The maximum absolute atomic E-state index is 11.5. The molecule has 0 atom stereocenters. The van der Waals surface area contributed by atoms with E-state index in [9.17, 15) is 10.1 Å². The summed E-state index contributed by atoms with van der Waals surface area (Å²) in [6.45, 7) is 0. The molecule has 6 nitrogen and oxygen atoms in total. The number of hydrogen-bond donors (Lipinski definition) is 0. The maximum atomic E-state index is 11.5. The van der Waals surface area contributed by atoms with Gasteiger partial charge in [0.15, 0.2) is 0 Å². The number of rotatable bonds is 6. The molecule has 0 aliphatic carbocycles. The molecule has 0 amide bonds. The van der Waals surface area contributed by atoms with Crippen molar-refractivity contribution in [3.8, 4) is 39.6 Å². The fourth-order valence-electron chi connectivity index (χ4n) is 5.18. The summed E-state index contributed by atoms with van der Waals surface area (Å²) in [5.74, 6) is 1.44. The van der Waals surface area contributed by atoms with Gasteiger partial charge in [-0.25, -0.2) is 0 Å². The molecule has 192 valence electrons. The molecule has 0 saturated carbocycles. The van der Waals surface area contributed by atoms with Gasteiger partial charge in [0.2, 0.25) is 0 Å². The van der Waals surface area contributed by atoms with Crippen molar-refractivity contribution in [2.45, 2.75) is 0 Å². The standard InChI is InChI=1S/C32H23ClN2O4/c1-38-23-13-10-21(11-14-23)34-30-17-15-24(39-2)19-28(30)31(27-16-12-22(35(36)37)18-29(27)33)32(34)26-9-5-7-20-6-3-4-8-25(20)26/h3-19H,1-2H3. The average Bonchev–Trinajstić information content (AvgIpc) is 3.30. The van der Waals surface area contributed by atoms with Crippen LogP contribution < -0.4 is 9.47 Å². The zero-order valence-electron chi connectivity index (χ0n) is 21.2. The number of methoxy groups -OCH3 is 2. The van der Waals surface area contributed by atoms with Gasteiger partial charge >= 0.3 is 0 Å². The largest absolute Gasteiger partial charge is 0.497 e. The van der Waals surface area contributed by atoms with Crippen LogP contribution in [0.1, 0.15) is 0 Å². The Balaban J connectivity index is 1.80. The Hall–Kier alpha value is -4.81. The Morgan fingerprint density at radius 1 is 0.744 bits per heavy atom. The number of nitro groups is 1. The lowest BCUT2D eigenvalue weighted by Crippen LogP contribution is -1.99. The quantitative estimate of drug-likeness (QED) is 0.158. The molecule has 0 radical (unpaired) electrons. The number of fused-ring (bicyclic) bond motifs is 2. The van der Waals surface area contributed by atoms with Crippen LogP contribution in [-0.4, -0.2) is 23.7 Å². The van der Waals surface area contributed by atoms with Gasteiger partial charge < -0.3 is 14.0 Å². The van der Waals surface area contributed by atoms with E-state index in [1.54, 1.807) is 20.3 Å². The van der Waals surface area contributed by atoms with Gasteiger partial charge in [-0.2, -0.15) is 0 Å². The summed E-state index contributed by atoms with van der Waals surface area (Å²) in [4.78, 5) is 11.0. The van der Waals surface area contributed by atoms with Gasteiger partial charge in [-0.15, -0.1) is 0 Å². The molecular weight excluding hydrogens is 512 g/mol. The van der Waals surface area contributed by atoms with Crippen LogP contribution in [0.5, 0.6) is 11.5 Å². The molecule has 0 unspecified atom stereocenters. The molecule has 1 heterocycles. The smallest absolute Gasteiger partial charge is 0.270 e. The molecule has 0 bridgehead atoms. The third-order valence-corrected chi connectivity index (χ3v) is 7.30. The van der Waals surface area contributed by atoms with Crippen LogP contribution in [0.25, 0.3) is 49.7 Å². The SMILES string of the molecule is COc1ccc(-n2c(-c3cccc4ccccc34)c(-c3ccc([N+](=O)[O-])cc3Cl)c3cc(OC)ccc32)cc1. The molecule has 0 aliphatic rings. The Kier molecular flexibility index (Phi) is 6.17. The second-order valence-electron chi connectivity index (χ2n) is 9.09. The third-order valence-electron chi connectivity index (χ3n) is 6.98. The first kappa shape index (κ1) is 24.5. The van der Waals surface area contributed by atoms with E-state index in [1.807, 2.05) is 60.7 Å². The normalized spacial score (nSPS) is 11.2. The van der Waals surface area contributed by atoms with E-state index in [4.69, 9.17) is 21.1 Å². The number of hydrogen-bond acceptors (Lipinski definition) is 4. The van der Waals surface area contributed by atoms with Gasteiger partial charge in [-0.05, 0) is 59.3 Å². The van der Waals surface area contributed by atoms with Crippen molar-refractivity contribution in [3.63, 3.8) is 0 Å². The molecule has 0 N–H and O–H groups in total. The van der Waals surface area contributed by atoms with Gasteiger partial charge in [0.25, 0.3) is 5.69 Å². The van der Waals surface area contributed by atoms with Crippen molar-refractivity contribution in [1.29, 1.82) is 0 Å². The lowest BCUT2D eigenvalue weighted by Gasteiger charge is -2.16. The first-order valence-corrected chi connectivity index (χ1v) is 12.7. The van der Waals surface area contributed by atoms with Crippen LogP contribution >= 0.6 is 11.6 Å². The average molecular weight is 535 g/mol. The molecule has 0 aliphatic heterocycles. The first-order chi connectivity index (χ1) is 19.0. The van der Waals surface area contributed by atoms with Gasteiger partial charge in [-0.1, -0.05) is 54.1 Å². The van der Waals surface area contributed by atoms with Crippen LogP contribution in [0, 0.1) is 10.1 Å². The van der Waals surface area contributed by atoms with Gasteiger partial charge in [0, 0.05) is 39.9 Å². The summed E-state index contributed by atoms with van der Waals surface area (Å²) >= 11 is 6.79. The predicted molar refractivity (Wildman–Crippen MR) is 156 cm³/mol. The molecule has 6 rings (SSSR count). The molecule has 0 saturated heterocycles. The van der Waals surface area contributed by atoms with E-state index < -0.39 is 4.92 Å². The number of benzene rings is 5. The number of nitro benzene ring substituents is 1. The second kappa shape index (κ2) is 9.82. The Bertz CT molecular complexity index is 1870. The number of nitrogens with zero attached hydrogens (tertiary/aromatic N) is 2. The van der Waals surface area contributed by atoms with Gasteiger partial charge in [-0.3, -0.25) is 10.1 Å². The van der Waals surface area contributed by atoms with Crippen molar-refractivity contribution in [3.05, 3.63) is 118 Å². The van der Waals surface area contributed by atoms with Crippen molar-refractivity contribution < 1.29 is 14.4 Å². The summed E-state index contributed by atoms with van der Waals surface area (Å²) < 4.78 is 13.2. The molecule has 1 aromatic heterocycles. The topological polar surface area (TPSA) is 66.5 Å². The minimum Gasteiger partial charge on any atom is -0.497 e. The number of non-ortho nitro benzene ring substituents is 1. The van der Waals surface area contributed by atoms with E-state index in [0.29, 0.717) is 16.3 Å². The van der Waals surface area contributed by atoms with Crippen molar-refractivity contribution in [2.75, 3.05) is 14.2 Å². The van der Waals surface area contributed by atoms with Gasteiger partial charge in [0.1, 0.15) is 11.5 Å². The Morgan fingerprint density at radius 2 is 1.46 bits per heavy atom. The summed E-state index contributed by atoms with van der Waals surface area (Å²) in [5.41, 5.74) is 5.27. The minimum atomic E-state index is -0.440. The summed E-state index contributed by atoms with van der Waals surface area (Å²) in [5, 5.41) is 14.9. The maximum Gasteiger partial charge on any atom is 0.270 e. The van der Waals surface area contributed by atoms with Crippen LogP contribution in [0.3, 0.4) is 0 Å². The molecule has 5 aromatic carbocycles. The summed E-state index contributed by atoms with van der Waals surface area (Å²) in [7, 11) is 3.27. The third kappa shape index (κ3) is 4.15. The summed E-state index contributed by atoms with van der Waals surface area (Å²) in [6, 6.07) is 32.9. The molecule has 7 heteroatoms. The zero-order chi connectivity index (χ0) is 27.1. The first-order valence-electron chi connectivity index (χ1n) is 12.3. The molecule has 6 aromatic rings. The van der Waals surface area contributed by atoms with E-state index >= 15 is 0 Å². The van der Waals surface area contributed by atoms with Crippen LogP contribution in [-0.2, 0) is 0 Å². The minimum absolute atomic E-state index is 0.0630. The fraction of sp³-hybridized carbons (Fsp3) is 0.0625. The monoisotopic (exact) mass is 534 g/mol. The van der Waals surface area contributed by atoms with Gasteiger partial charge in [0.05, 0.1) is 35.4 Å². The molecular formula is C32H23ClN2O4. The highest BCUT2D eigenvalue weighted by atomic mass is 35.5. The van der Waals surface area contributed by atoms with Crippen LogP contribution in [0.4, 0.5) is 5.69 Å². The van der Waals surface area contributed by atoms with E-state index in [1.165, 1.54) is 12.1 Å². The van der Waals surface area contributed by atoms with E-state index in [0.717, 1.165) is 49.9 Å². The fourth-order valence-corrected chi connectivity index (χ4v) is 5.45. The predicted octanol–water partition coefficient (Wildman–Crippen LogP) is 8.70. The second-order valence-corrected chi connectivity index (χ2v) is 9.50. The Morgan fingerprint density at radius 3 is 2.18 bits per heavy atom. The van der Waals surface area contributed by atoms with Crippen LogP contribution in [0.2, 0.25) is 5.02 Å². The van der Waals surface area contributed by atoms with E-state index in [2.05, 4.69) is 28.8 Å². The van der Waals surface area contributed by atoms with Crippen molar-refractivity contribution >= 4 is 39.0 Å². The Labute approximate surface area is 229 Å². The summed E-state index contributed by atoms with van der Waals surface area (Å²) in [6.07, 6.45) is 0. The highest BCUT2D eigenvalue weighted by Gasteiger charge is 2.25. The number of ether oxygens (including phenoxy) is 2. The molecule has 39 heavy (non-hydrogen) atoms.